The lowest BCUT2D eigenvalue weighted by molar-refractivity contribution is 0.0602. The number of carbonyl (C=O) groups is 1. The number of methoxy groups -OCH3 is 1. The Morgan fingerprint density at radius 1 is 1.39 bits per heavy atom. The second kappa shape index (κ2) is 8.29. The maximum atomic E-state index is 11.8. The van der Waals surface area contributed by atoms with Gasteiger partial charge < -0.3 is 15.4 Å². The van der Waals surface area contributed by atoms with E-state index in [2.05, 4.69) is 10.6 Å². The quantitative estimate of drug-likeness (QED) is 0.610. The summed E-state index contributed by atoms with van der Waals surface area (Å²) in [5.41, 5.74) is 1.52. The number of nitrogens with one attached hydrogen (secondary N) is 2. The van der Waals surface area contributed by atoms with E-state index in [0.29, 0.717) is 27.2 Å². The second-order valence-corrected chi connectivity index (χ2v) is 6.72. The summed E-state index contributed by atoms with van der Waals surface area (Å²) in [4.78, 5) is 12.9. The first-order valence-corrected chi connectivity index (χ1v) is 8.64. The van der Waals surface area contributed by atoms with Crippen molar-refractivity contribution >= 4 is 51.2 Å². The number of esters is 1. The first-order valence-electron chi connectivity index (χ1n) is 7.03. The molecule has 4 nitrogen and oxygen atoms in total. The van der Waals surface area contributed by atoms with Crippen LogP contribution in [0.4, 0.5) is 5.00 Å². The minimum Gasteiger partial charge on any atom is -0.465 e. The molecule has 0 saturated carbocycles. The van der Waals surface area contributed by atoms with Gasteiger partial charge in [0.1, 0.15) is 5.00 Å². The van der Waals surface area contributed by atoms with Crippen LogP contribution < -0.4 is 10.6 Å². The average Bonchev–Trinajstić information content (AvgIpc) is 2.95. The van der Waals surface area contributed by atoms with Crippen molar-refractivity contribution in [1.29, 1.82) is 0 Å². The molecule has 2 aromatic rings. The zero-order chi connectivity index (χ0) is 16.8. The summed E-state index contributed by atoms with van der Waals surface area (Å²) in [6.45, 7) is 2.58. The predicted octanol–water partition coefficient (Wildman–Crippen LogP) is 4.24. The van der Waals surface area contributed by atoms with Crippen LogP contribution in [0.25, 0.3) is 0 Å². The van der Waals surface area contributed by atoms with Gasteiger partial charge in [-0.15, -0.1) is 11.3 Å². The molecule has 1 aromatic heterocycles. The third-order valence-corrected chi connectivity index (χ3v) is 4.78. The standard InChI is InChI=1S/C16H17ClN2O2S2/c1-3-12-8-13(15(20)21-2)14(23-12)19-16(22)18-9-10-5-4-6-11(17)7-10/h4-8H,3,9H2,1-2H3,(H2,18,19,22). The third kappa shape index (κ3) is 4.92. The summed E-state index contributed by atoms with van der Waals surface area (Å²) in [5, 5.41) is 7.99. The molecule has 0 aliphatic heterocycles. The zero-order valence-electron chi connectivity index (χ0n) is 12.8. The summed E-state index contributed by atoms with van der Waals surface area (Å²) < 4.78 is 4.81. The fourth-order valence-electron chi connectivity index (χ4n) is 1.95. The van der Waals surface area contributed by atoms with Gasteiger partial charge in [-0.1, -0.05) is 30.7 Å². The molecule has 7 heteroatoms. The van der Waals surface area contributed by atoms with Gasteiger partial charge >= 0.3 is 5.97 Å². The van der Waals surface area contributed by atoms with Crippen LogP contribution in [0.1, 0.15) is 27.7 Å². The highest BCUT2D eigenvalue weighted by molar-refractivity contribution is 7.80. The molecule has 0 atom stereocenters. The van der Waals surface area contributed by atoms with Gasteiger partial charge in [0.05, 0.1) is 12.7 Å². The van der Waals surface area contributed by atoms with Gasteiger partial charge in [0.2, 0.25) is 0 Å². The molecule has 0 unspecified atom stereocenters. The number of carbonyl (C=O) groups excluding carboxylic acids is 1. The number of hydrogen-bond donors (Lipinski definition) is 2. The van der Waals surface area contributed by atoms with Crippen molar-refractivity contribution in [3.05, 3.63) is 51.4 Å². The molecule has 0 amide bonds. The molecule has 2 rings (SSSR count). The molecule has 122 valence electrons. The van der Waals surface area contributed by atoms with Gasteiger partial charge in [0.25, 0.3) is 0 Å². The average molecular weight is 369 g/mol. The van der Waals surface area contributed by atoms with Crippen molar-refractivity contribution in [3.8, 4) is 0 Å². The fourth-order valence-corrected chi connectivity index (χ4v) is 3.39. The minimum absolute atomic E-state index is 0.374. The second-order valence-electron chi connectivity index (χ2n) is 4.74. The van der Waals surface area contributed by atoms with Crippen LogP contribution in [0.3, 0.4) is 0 Å². The van der Waals surface area contributed by atoms with E-state index in [1.807, 2.05) is 37.3 Å². The Hall–Kier alpha value is -1.63. The summed E-state index contributed by atoms with van der Waals surface area (Å²) in [6, 6.07) is 9.37. The molecular weight excluding hydrogens is 352 g/mol. The maximum Gasteiger partial charge on any atom is 0.340 e. The Morgan fingerprint density at radius 3 is 2.83 bits per heavy atom. The number of anilines is 1. The van der Waals surface area contributed by atoms with Gasteiger partial charge in [-0.05, 0) is 42.4 Å². The molecule has 1 aromatic carbocycles. The minimum atomic E-state index is -0.374. The van der Waals surface area contributed by atoms with Crippen LogP contribution in [0.5, 0.6) is 0 Å². The fraction of sp³-hybridized carbons (Fsp3) is 0.250. The van der Waals surface area contributed by atoms with E-state index in [1.54, 1.807) is 0 Å². The van der Waals surface area contributed by atoms with Crippen molar-refractivity contribution in [2.45, 2.75) is 19.9 Å². The van der Waals surface area contributed by atoms with Crippen LogP contribution in [-0.2, 0) is 17.7 Å². The molecule has 0 aliphatic rings. The number of benzene rings is 1. The highest BCUT2D eigenvalue weighted by Gasteiger charge is 2.17. The number of hydrogen-bond acceptors (Lipinski definition) is 4. The Kier molecular flexibility index (Phi) is 6.38. The maximum absolute atomic E-state index is 11.8. The molecule has 0 spiro atoms. The highest BCUT2D eigenvalue weighted by Crippen LogP contribution is 2.29. The first kappa shape index (κ1) is 17.7. The summed E-state index contributed by atoms with van der Waals surface area (Å²) >= 11 is 12.7. The third-order valence-electron chi connectivity index (χ3n) is 3.11. The van der Waals surface area contributed by atoms with Crippen LogP contribution in [0.2, 0.25) is 5.02 Å². The normalized spacial score (nSPS) is 10.2. The predicted molar refractivity (Wildman–Crippen MR) is 99.5 cm³/mol. The number of ether oxygens (including phenoxy) is 1. The largest absolute Gasteiger partial charge is 0.465 e. The lowest BCUT2D eigenvalue weighted by Crippen LogP contribution is -2.28. The van der Waals surface area contributed by atoms with Crippen molar-refractivity contribution in [2.24, 2.45) is 0 Å². The number of thiocarbonyl (C=S) groups is 1. The van der Waals surface area contributed by atoms with Crippen LogP contribution in [-0.4, -0.2) is 18.2 Å². The lowest BCUT2D eigenvalue weighted by Gasteiger charge is -2.10. The molecule has 0 fully saturated rings. The van der Waals surface area contributed by atoms with Crippen LogP contribution in [0.15, 0.2) is 30.3 Å². The van der Waals surface area contributed by atoms with Gasteiger partial charge in [-0.2, -0.15) is 0 Å². The van der Waals surface area contributed by atoms with Gasteiger partial charge in [0.15, 0.2) is 5.11 Å². The molecule has 23 heavy (non-hydrogen) atoms. The van der Waals surface area contributed by atoms with E-state index in [0.717, 1.165) is 16.9 Å². The number of rotatable bonds is 5. The topological polar surface area (TPSA) is 50.4 Å². The van der Waals surface area contributed by atoms with Gasteiger partial charge in [0, 0.05) is 16.4 Å². The van der Waals surface area contributed by atoms with Crippen molar-refractivity contribution in [2.75, 3.05) is 12.4 Å². The van der Waals surface area contributed by atoms with Crippen molar-refractivity contribution < 1.29 is 9.53 Å². The van der Waals surface area contributed by atoms with E-state index >= 15 is 0 Å². The monoisotopic (exact) mass is 368 g/mol. The Morgan fingerprint density at radius 2 is 2.17 bits per heavy atom. The van der Waals surface area contributed by atoms with E-state index in [1.165, 1.54) is 18.4 Å². The van der Waals surface area contributed by atoms with Crippen molar-refractivity contribution in [1.82, 2.24) is 5.32 Å². The van der Waals surface area contributed by atoms with E-state index < -0.39 is 0 Å². The van der Waals surface area contributed by atoms with Crippen molar-refractivity contribution in [3.63, 3.8) is 0 Å². The van der Waals surface area contributed by atoms with E-state index in [9.17, 15) is 4.79 Å². The molecule has 0 aliphatic carbocycles. The van der Waals surface area contributed by atoms with Gasteiger partial charge in [-0.3, -0.25) is 0 Å². The summed E-state index contributed by atoms with van der Waals surface area (Å²) in [5.74, 6) is -0.374. The Bertz CT molecular complexity index is 716. The zero-order valence-corrected chi connectivity index (χ0v) is 15.2. The molecule has 0 bridgehead atoms. The van der Waals surface area contributed by atoms with Crippen LogP contribution in [0, 0.1) is 0 Å². The van der Waals surface area contributed by atoms with Crippen LogP contribution >= 0.6 is 35.2 Å². The van der Waals surface area contributed by atoms with E-state index in [-0.39, 0.29) is 5.97 Å². The summed E-state index contributed by atoms with van der Waals surface area (Å²) in [7, 11) is 1.37. The number of aryl methyl sites for hydroxylation is 1. The highest BCUT2D eigenvalue weighted by atomic mass is 35.5. The van der Waals surface area contributed by atoms with E-state index in [4.69, 9.17) is 28.6 Å². The molecule has 2 N–H and O–H groups in total. The SMILES string of the molecule is CCc1cc(C(=O)OC)c(NC(=S)NCc2cccc(Cl)c2)s1. The summed E-state index contributed by atoms with van der Waals surface area (Å²) in [6.07, 6.45) is 0.846. The molecule has 0 radical (unpaired) electrons. The molecular formula is C16H17ClN2O2S2. The molecule has 1 heterocycles. The Labute approximate surface area is 149 Å². The first-order chi connectivity index (χ1) is 11.0. The molecule has 0 saturated heterocycles. The smallest absolute Gasteiger partial charge is 0.340 e. The number of thiophene rings is 1. The lowest BCUT2D eigenvalue weighted by atomic mass is 10.2. The Balaban J connectivity index is 2.02. The van der Waals surface area contributed by atoms with Gasteiger partial charge in [-0.25, -0.2) is 4.79 Å². The number of halogens is 1.